The van der Waals surface area contributed by atoms with Gasteiger partial charge in [-0.2, -0.15) is 5.26 Å². The van der Waals surface area contributed by atoms with Gasteiger partial charge in [-0.3, -0.25) is 0 Å². The van der Waals surface area contributed by atoms with Crippen LogP contribution in [-0.2, 0) is 0 Å². The van der Waals surface area contributed by atoms with Gasteiger partial charge in [-0.1, -0.05) is 60.7 Å². The summed E-state index contributed by atoms with van der Waals surface area (Å²) in [6.07, 6.45) is 0.458. The molecule has 0 amide bonds. The largest absolute Gasteiger partial charge is 0.493 e. The van der Waals surface area contributed by atoms with Crippen molar-refractivity contribution in [2.45, 2.75) is 12.3 Å². The number of benzene rings is 3. The van der Waals surface area contributed by atoms with Gasteiger partial charge in [0.25, 0.3) is 0 Å². The molecule has 0 aliphatic heterocycles. The van der Waals surface area contributed by atoms with E-state index in [0.29, 0.717) is 17.9 Å². The molecule has 3 aromatic rings. The third-order valence-corrected chi connectivity index (χ3v) is 4.53. The average molecular weight is 343 g/mol. The van der Waals surface area contributed by atoms with Crippen molar-refractivity contribution in [2.24, 2.45) is 0 Å². The van der Waals surface area contributed by atoms with Gasteiger partial charge in [0, 0.05) is 12.3 Å². The van der Waals surface area contributed by atoms with Crippen molar-refractivity contribution in [2.75, 3.05) is 14.2 Å². The van der Waals surface area contributed by atoms with E-state index in [0.717, 1.165) is 22.3 Å². The summed E-state index contributed by atoms with van der Waals surface area (Å²) < 4.78 is 10.7. The van der Waals surface area contributed by atoms with E-state index >= 15 is 0 Å². The van der Waals surface area contributed by atoms with Crippen molar-refractivity contribution in [1.82, 2.24) is 0 Å². The van der Waals surface area contributed by atoms with Gasteiger partial charge in [0.15, 0.2) is 11.5 Å². The fourth-order valence-corrected chi connectivity index (χ4v) is 3.13. The molecule has 0 heterocycles. The number of nitrogens with zero attached hydrogens (tertiary/aromatic N) is 1. The normalized spacial score (nSPS) is 11.4. The SMILES string of the molecule is COc1ccc(-c2ccc(C(CC#N)c3ccccc3)cc2)cc1OC. The maximum atomic E-state index is 9.22. The standard InChI is InChI=1S/C23H21NO2/c1-25-22-13-12-20(16-23(22)26-2)17-8-10-19(11-9-17)21(14-15-24)18-6-4-3-5-7-18/h3-13,16,21H,14H2,1-2H3. The number of ether oxygens (including phenoxy) is 2. The van der Waals surface area contributed by atoms with Crippen molar-refractivity contribution in [1.29, 1.82) is 5.26 Å². The molecule has 0 saturated heterocycles. The van der Waals surface area contributed by atoms with Gasteiger partial charge in [-0.25, -0.2) is 0 Å². The minimum absolute atomic E-state index is 0.0839. The third-order valence-electron chi connectivity index (χ3n) is 4.53. The van der Waals surface area contributed by atoms with Gasteiger partial charge in [-0.15, -0.1) is 0 Å². The second-order valence-electron chi connectivity index (χ2n) is 6.02. The van der Waals surface area contributed by atoms with E-state index in [1.807, 2.05) is 36.4 Å². The molecule has 0 aliphatic carbocycles. The first kappa shape index (κ1) is 17.6. The Kier molecular flexibility index (Phi) is 5.56. The van der Waals surface area contributed by atoms with E-state index in [9.17, 15) is 5.26 Å². The summed E-state index contributed by atoms with van der Waals surface area (Å²) in [6.45, 7) is 0. The Morgan fingerprint density at radius 2 is 1.38 bits per heavy atom. The van der Waals surface area contributed by atoms with E-state index in [1.165, 1.54) is 0 Å². The van der Waals surface area contributed by atoms with Crippen LogP contribution in [0.5, 0.6) is 11.5 Å². The summed E-state index contributed by atoms with van der Waals surface area (Å²) in [5.41, 5.74) is 4.46. The fraction of sp³-hybridized carbons (Fsp3) is 0.174. The Morgan fingerprint density at radius 1 is 0.769 bits per heavy atom. The highest BCUT2D eigenvalue weighted by molar-refractivity contribution is 5.67. The summed E-state index contributed by atoms with van der Waals surface area (Å²) in [4.78, 5) is 0. The number of hydrogen-bond donors (Lipinski definition) is 0. The fourth-order valence-electron chi connectivity index (χ4n) is 3.13. The zero-order valence-corrected chi connectivity index (χ0v) is 15.0. The van der Waals surface area contributed by atoms with E-state index in [-0.39, 0.29) is 5.92 Å². The predicted octanol–water partition coefficient (Wildman–Crippen LogP) is 5.42. The first-order valence-electron chi connectivity index (χ1n) is 8.51. The lowest BCUT2D eigenvalue weighted by molar-refractivity contribution is 0.355. The van der Waals surface area contributed by atoms with Crippen LogP contribution >= 0.6 is 0 Å². The highest BCUT2D eigenvalue weighted by Crippen LogP contribution is 2.34. The average Bonchev–Trinajstić information content (AvgIpc) is 2.72. The first-order valence-corrected chi connectivity index (χ1v) is 8.51. The molecule has 3 heteroatoms. The number of hydrogen-bond acceptors (Lipinski definition) is 3. The molecule has 26 heavy (non-hydrogen) atoms. The van der Waals surface area contributed by atoms with Crippen molar-refractivity contribution in [3.8, 4) is 28.7 Å². The van der Waals surface area contributed by atoms with E-state index in [2.05, 4.69) is 42.5 Å². The molecule has 1 atom stereocenters. The summed E-state index contributed by atoms with van der Waals surface area (Å²) in [7, 11) is 3.27. The maximum Gasteiger partial charge on any atom is 0.161 e. The predicted molar refractivity (Wildman–Crippen MR) is 103 cm³/mol. The van der Waals surface area contributed by atoms with Gasteiger partial charge >= 0.3 is 0 Å². The topological polar surface area (TPSA) is 42.2 Å². The van der Waals surface area contributed by atoms with Gasteiger partial charge in [-0.05, 0) is 34.4 Å². The minimum atomic E-state index is 0.0839. The highest BCUT2D eigenvalue weighted by atomic mass is 16.5. The van der Waals surface area contributed by atoms with Crippen molar-refractivity contribution in [3.05, 3.63) is 83.9 Å². The molecule has 0 radical (unpaired) electrons. The van der Waals surface area contributed by atoms with Crippen molar-refractivity contribution < 1.29 is 9.47 Å². The molecule has 0 aliphatic rings. The molecule has 1 unspecified atom stereocenters. The first-order chi connectivity index (χ1) is 12.8. The van der Waals surface area contributed by atoms with Crippen LogP contribution in [0.1, 0.15) is 23.5 Å². The van der Waals surface area contributed by atoms with Crippen LogP contribution in [0.4, 0.5) is 0 Å². The van der Waals surface area contributed by atoms with Crippen LogP contribution in [0.2, 0.25) is 0 Å². The molecule has 3 aromatic carbocycles. The molecule has 0 N–H and O–H groups in total. The minimum Gasteiger partial charge on any atom is -0.493 e. The van der Waals surface area contributed by atoms with Crippen LogP contribution in [0, 0.1) is 11.3 Å². The molecule has 0 saturated carbocycles. The van der Waals surface area contributed by atoms with Gasteiger partial charge in [0.2, 0.25) is 0 Å². The summed E-state index contributed by atoms with van der Waals surface area (Å²) in [6, 6.07) is 26.7. The molecule has 0 fully saturated rings. The monoisotopic (exact) mass is 343 g/mol. The van der Waals surface area contributed by atoms with Crippen molar-refractivity contribution in [3.63, 3.8) is 0 Å². The molecule has 0 spiro atoms. The second kappa shape index (κ2) is 8.22. The quantitative estimate of drug-likeness (QED) is 0.600. The lowest BCUT2D eigenvalue weighted by Gasteiger charge is -2.15. The van der Waals surface area contributed by atoms with Crippen molar-refractivity contribution >= 4 is 0 Å². The van der Waals surface area contributed by atoms with E-state index in [4.69, 9.17) is 9.47 Å². The molecule has 0 bridgehead atoms. The van der Waals surface area contributed by atoms with Gasteiger partial charge in [0.05, 0.1) is 20.3 Å². The van der Waals surface area contributed by atoms with Crippen LogP contribution in [-0.4, -0.2) is 14.2 Å². The Hall–Kier alpha value is -3.25. The summed E-state index contributed by atoms with van der Waals surface area (Å²) in [5.74, 6) is 1.51. The van der Waals surface area contributed by atoms with E-state index in [1.54, 1.807) is 14.2 Å². The Bertz CT molecular complexity index is 896. The third kappa shape index (κ3) is 3.70. The lowest BCUT2D eigenvalue weighted by Crippen LogP contribution is -2.00. The van der Waals surface area contributed by atoms with Crippen LogP contribution < -0.4 is 9.47 Å². The number of nitriles is 1. The Labute approximate surface area is 154 Å². The second-order valence-corrected chi connectivity index (χ2v) is 6.02. The smallest absolute Gasteiger partial charge is 0.161 e. The van der Waals surface area contributed by atoms with Gasteiger partial charge < -0.3 is 9.47 Å². The molecule has 0 aromatic heterocycles. The van der Waals surface area contributed by atoms with Gasteiger partial charge in [0.1, 0.15) is 0 Å². The molecular formula is C23H21NO2. The molecule has 130 valence electrons. The lowest BCUT2D eigenvalue weighted by atomic mass is 9.88. The molecule has 3 rings (SSSR count). The highest BCUT2D eigenvalue weighted by Gasteiger charge is 2.14. The van der Waals surface area contributed by atoms with Crippen LogP contribution in [0.15, 0.2) is 72.8 Å². The molecule has 3 nitrogen and oxygen atoms in total. The molecular weight excluding hydrogens is 322 g/mol. The van der Waals surface area contributed by atoms with Crippen LogP contribution in [0.3, 0.4) is 0 Å². The summed E-state index contributed by atoms with van der Waals surface area (Å²) >= 11 is 0. The summed E-state index contributed by atoms with van der Waals surface area (Å²) in [5, 5.41) is 9.22. The zero-order valence-electron chi connectivity index (χ0n) is 15.0. The maximum absolute atomic E-state index is 9.22. The zero-order chi connectivity index (χ0) is 18.4. The Balaban J connectivity index is 1.91. The van der Waals surface area contributed by atoms with E-state index < -0.39 is 0 Å². The number of rotatable bonds is 6. The Morgan fingerprint density at radius 3 is 2.00 bits per heavy atom. The number of methoxy groups -OCH3 is 2. The van der Waals surface area contributed by atoms with Crippen LogP contribution in [0.25, 0.3) is 11.1 Å².